The van der Waals surface area contributed by atoms with Crippen LogP contribution in [0.15, 0.2) is 18.2 Å². The van der Waals surface area contributed by atoms with Crippen LogP contribution in [0.2, 0.25) is 0 Å². The highest BCUT2D eigenvalue weighted by Gasteiger charge is 2.26. The number of piperazine rings is 1. The first kappa shape index (κ1) is 15.3. The molecule has 21 heavy (non-hydrogen) atoms. The van der Waals surface area contributed by atoms with E-state index in [2.05, 4.69) is 0 Å². The van der Waals surface area contributed by atoms with Crippen molar-refractivity contribution < 1.29 is 14.3 Å². The number of methoxy groups -OCH3 is 1. The molecule has 0 spiro atoms. The van der Waals surface area contributed by atoms with Gasteiger partial charge in [-0.15, -0.1) is 0 Å². The Kier molecular flexibility index (Phi) is 4.80. The summed E-state index contributed by atoms with van der Waals surface area (Å²) in [6.45, 7) is 4.05. The number of hydrogen-bond donors (Lipinski definition) is 1. The van der Waals surface area contributed by atoms with Crippen molar-refractivity contribution in [2.75, 3.05) is 45.6 Å². The van der Waals surface area contributed by atoms with E-state index in [0.717, 1.165) is 5.56 Å². The summed E-state index contributed by atoms with van der Waals surface area (Å²) >= 11 is 0. The third-order valence-corrected chi connectivity index (χ3v) is 3.71. The van der Waals surface area contributed by atoms with E-state index in [1.54, 1.807) is 15.9 Å². The lowest BCUT2D eigenvalue weighted by Crippen LogP contribution is -2.51. The topological polar surface area (TPSA) is 75.9 Å². The molecule has 6 heteroatoms. The number of anilines is 1. The van der Waals surface area contributed by atoms with Gasteiger partial charge in [-0.2, -0.15) is 0 Å². The van der Waals surface area contributed by atoms with Gasteiger partial charge in [0.05, 0.1) is 5.56 Å². The molecule has 6 nitrogen and oxygen atoms in total. The summed E-state index contributed by atoms with van der Waals surface area (Å²) < 4.78 is 4.84. The second-order valence-electron chi connectivity index (χ2n) is 5.15. The Balaban J connectivity index is 2.02. The number of carbonyl (C=O) groups is 2. The second kappa shape index (κ2) is 6.58. The van der Waals surface area contributed by atoms with Crippen LogP contribution in [0.3, 0.4) is 0 Å². The molecule has 0 saturated carbocycles. The van der Waals surface area contributed by atoms with E-state index >= 15 is 0 Å². The lowest BCUT2D eigenvalue weighted by atomic mass is 10.0. The Hall–Kier alpha value is -2.08. The van der Waals surface area contributed by atoms with E-state index in [9.17, 15) is 9.59 Å². The average Bonchev–Trinajstić information content (AvgIpc) is 2.47. The molecular formula is C15H21N3O3. The lowest BCUT2D eigenvalue weighted by molar-refractivity contribution is -0.136. The number of aryl methyl sites for hydroxylation is 1. The van der Waals surface area contributed by atoms with E-state index in [0.29, 0.717) is 37.4 Å². The SMILES string of the molecule is COCC(=O)N1CCN(C(=O)c2c(C)cccc2N)CC1. The van der Waals surface area contributed by atoms with Crippen molar-refractivity contribution in [2.24, 2.45) is 0 Å². The molecule has 1 aromatic rings. The van der Waals surface area contributed by atoms with Crippen LogP contribution in [-0.2, 0) is 9.53 Å². The summed E-state index contributed by atoms with van der Waals surface area (Å²) in [5.41, 5.74) is 7.85. The van der Waals surface area contributed by atoms with Gasteiger partial charge in [-0.3, -0.25) is 9.59 Å². The van der Waals surface area contributed by atoms with Gasteiger partial charge in [0.2, 0.25) is 5.91 Å². The Bertz CT molecular complexity index is 517. The van der Waals surface area contributed by atoms with Crippen LogP contribution in [0.1, 0.15) is 15.9 Å². The lowest BCUT2D eigenvalue weighted by Gasteiger charge is -2.35. The zero-order valence-electron chi connectivity index (χ0n) is 12.5. The molecule has 0 radical (unpaired) electrons. The Morgan fingerprint density at radius 2 is 1.81 bits per heavy atom. The van der Waals surface area contributed by atoms with Gasteiger partial charge in [-0.05, 0) is 18.6 Å². The third kappa shape index (κ3) is 3.33. The maximum absolute atomic E-state index is 12.6. The van der Waals surface area contributed by atoms with Crippen LogP contribution in [0.4, 0.5) is 5.69 Å². The minimum absolute atomic E-state index is 0.0417. The molecule has 2 amide bonds. The van der Waals surface area contributed by atoms with E-state index in [1.165, 1.54) is 7.11 Å². The van der Waals surface area contributed by atoms with E-state index in [-0.39, 0.29) is 18.4 Å². The number of nitrogens with two attached hydrogens (primary N) is 1. The number of nitrogen functional groups attached to an aromatic ring is 1. The van der Waals surface area contributed by atoms with Gasteiger partial charge >= 0.3 is 0 Å². The van der Waals surface area contributed by atoms with Crippen molar-refractivity contribution in [1.29, 1.82) is 0 Å². The number of benzene rings is 1. The smallest absolute Gasteiger partial charge is 0.256 e. The van der Waals surface area contributed by atoms with Gasteiger partial charge in [-0.25, -0.2) is 0 Å². The van der Waals surface area contributed by atoms with Crippen molar-refractivity contribution in [3.63, 3.8) is 0 Å². The molecule has 0 unspecified atom stereocenters. The summed E-state index contributed by atoms with van der Waals surface area (Å²) in [7, 11) is 1.50. The molecular weight excluding hydrogens is 270 g/mol. The molecule has 1 fully saturated rings. The minimum atomic E-state index is -0.0653. The van der Waals surface area contributed by atoms with Crippen molar-refractivity contribution in [3.05, 3.63) is 29.3 Å². The summed E-state index contributed by atoms with van der Waals surface area (Å²) in [6, 6.07) is 5.45. The molecule has 0 aliphatic carbocycles. The molecule has 1 aliphatic rings. The van der Waals surface area contributed by atoms with Gasteiger partial charge in [0.1, 0.15) is 6.61 Å². The fourth-order valence-corrected chi connectivity index (χ4v) is 2.51. The highest BCUT2D eigenvalue weighted by Crippen LogP contribution is 2.19. The zero-order valence-corrected chi connectivity index (χ0v) is 12.5. The van der Waals surface area contributed by atoms with Crippen molar-refractivity contribution in [1.82, 2.24) is 9.80 Å². The predicted molar refractivity (Wildman–Crippen MR) is 80.0 cm³/mol. The van der Waals surface area contributed by atoms with Crippen LogP contribution < -0.4 is 5.73 Å². The van der Waals surface area contributed by atoms with Crippen molar-refractivity contribution in [2.45, 2.75) is 6.92 Å². The number of nitrogens with zero attached hydrogens (tertiary/aromatic N) is 2. The van der Waals surface area contributed by atoms with E-state index in [1.807, 2.05) is 19.1 Å². The Morgan fingerprint density at radius 3 is 2.38 bits per heavy atom. The first-order valence-corrected chi connectivity index (χ1v) is 6.95. The van der Waals surface area contributed by atoms with Crippen LogP contribution in [0.25, 0.3) is 0 Å². The first-order valence-electron chi connectivity index (χ1n) is 6.95. The highest BCUT2D eigenvalue weighted by atomic mass is 16.5. The maximum Gasteiger partial charge on any atom is 0.256 e. The molecule has 0 aromatic heterocycles. The molecule has 1 saturated heterocycles. The van der Waals surface area contributed by atoms with Gasteiger partial charge in [0.25, 0.3) is 5.91 Å². The molecule has 2 N–H and O–H groups in total. The van der Waals surface area contributed by atoms with E-state index in [4.69, 9.17) is 10.5 Å². The van der Waals surface area contributed by atoms with Gasteiger partial charge in [0, 0.05) is 39.0 Å². The normalized spacial score (nSPS) is 15.1. The average molecular weight is 291 g/mol. The first-order chi connectivity index (χ1) is 10.0. The van der Waals surface area contributed by atoms with Gasteiger partial charge in [-0.1, -0.05) is 12.1 Å². The minimum Gasteiger partial charge on any atom is -0.398 e. The summed E-state index contributed by atoms with van der Waals surface area (Å²) in [5, 5.41) is 0. The van der Waals surface area contributed by atoms with Crippen molar-refractivity contribution in [3.8, 4) is 0 Å². The Morgan fingerprint density at radius 1 is 1.19 bits per heavy atom. The summed E-state index contributed by atoms with van der Waals surface area (Å²) in [6.07, 6.45) is 0. The largest absolute Gasteiger partial charge is 0.398 e. The standard InChI is InChI=1S/C15H21N3O3/c1-11-4-3-5-12(16)14(11)15(20)18-8-6-17(7-9-18)13(19)10-21-2/h3-5H,6-10,16H2,1-2H3. The number of rotatable bonds is 3. The monoisotopic (exact) mass is 291 g/mol. The molecule has 2 rings (SSSR count). The fourth-order valence-electron chi connectivity index (χ4n) is 2.51. The fraction of sp³-hybridized carbons (Fsp3) is 0.467. The molecule has 1 aliphatic heterocycles. The predicted octanol–water partition coefficient (Wildman–Crippen LogP) is 0.508. The zero-order chi connectivity index (χ0) is 15.4. The number of hydrogen-bond acceptors (Lipinski definition) is 4. The van der Waals surface area contributed by atoms with E-state index < -0.39 is 0 Å². The number of carbonyl (C=O) groups excluding carboxylic acids is 2. The second-order valence-corrected chi connectivity index (χ2v) is 5.15. The molecule has 0 atom stereocenters. The summed E-state index contributed by atoms with van der Waals surface area (Å²) in [4.78, 5) is 27.8. The number of amides is 2. The third-order valence-electron chi connectivity index (χ3n) is 3.71. The highest BCUT2D eigenvalue weighted by molar-refractivity contribution is 6.00. The van der Waals surface area contributed by atoms with Gasteiger partial charge in [0.15, 0.2) is 0 Å². The molecule has 114 valence electrons. The van der Waals surface area contributed by atoms with Gasteiger partial charge < -0.3 is 20.3 Å². The number of ether oxygens (including phenoxy) is 1. The van der Waals surface area contributed by atoms with Crippen LogP contribution in [0, 0.1) is 6.92 Å². The van der Waals surface area contributed by atoms with Crippen molar-refractivity contribution >= 4 is 17.5 Å². The molecule has 1 heterocycles. The Labute approximate surface area is 124 Å². The van der Waals surface area contributed by atoms with Crippen LogP contribution in [-0.4, -0.2) is 61.5 Å². The maximum atomic E-state index is 12.6. The quantitative estimate of drug-likeness (QED) is 0.823. The van der Waals surface area contributed by atoms with Crippen LogP contribution in [0.5, 0.6) is 0 Å². The molecule has 0 bridgehead atoms. The summed E-state index contributed by atoms with van der Waals surface area (Å²) in [5.74, 6) is -0.107. The molecule has 1 aromatic carbocycles. The van der Waals surface area contributed by atoms with Crippen LogP contribution >= 0.6 is 0 Å².